The first-order valence-electron chi connectivity index (χ1n) is 13.7. The van der Waals surface area contributed by atoms with Crippen molar-refractivity contribution in [2.24, 2.45) is 5.92 Å². The van der Waals surface area contributed by atoms with E-state index in [0.717, 1.165) is 42.6 Å². The number of nitrogens with one attached hydrogen (secondary N) is 1. The number of carbonyl (C=O) groups excluding carboxylic acids is 2. The number of halogens is 1. The third-order valence-corrected chi connectivity index (χ3v) is 7.22. The summed E-state index contributed by atoms with van der Waals surface area (Å²) in [5.74, 6) is 1.10. The topological polar surface area (TPSA) is 81.0 Å². The van der Waals surface area contributed by atoms with Gasteiger partial charge in [0, 0.05) is 26.1 Å². The third-order valence-electron chi connectivity index (χ3n) is 7.22. The molecule has 0 spiro atoms. The van der Waals surface area contributed by atoms with Crippen LogP contribution in [0.3, 0.4) is 0 Å². The van der Waals surface area contributed by atoms with E-state index in [1.807, 2.05) is 36.9 Å². The first-order chi connectivity index (χ1) is 18.9. The molecule has 206 valence electrons. The Labute approximate surface area is 228 Å². The molecule has 0 aliphatic carbocycles. The predicted octanol–water partition coefficient (Wildman–Crippen LogP) is 5.43. The van der Waals surface area contributed by atoms with Crippen LogP contribution in [0.1, 0.15) is 72.2 Å². The van der Waals surface area contributed by atoms with Gasteiger partial charge in [0.15, 0.2) is 5.76 Å². The van der Waals surface area contributed by atoms with Crippen molar-refractivity contribution in [1.29, 1.82) is 0 Å². The summed E-state index contributed by atoms with van der Waals surface area (Å²) in [4.78, 5) is 27.5. The molecule has 5 rings (SSSR count). The molecule has 2 atom stereocenters. The van der Waals surface area contributed by atoms with Crippen LogP contribution in [0.4, 0.5) is 4.39 Å². The van der Waals surface area contributed by atoms with Crippen molar-refractivity contribution >= 4 is 11.8 Å². The molecule has 0 saturated carbocycles. The van der Waals surface area contributed by atoms with E-state index < -0.39 is 0 Å². The lowest BCUT2D eigenvalue weighted by Crippen LogP contribution is -2.41. The zero-order chi connectivity index (χ0) is 27.4. The quantitative estimate of drug-likeness (QED) is 0.396. The van der Waals surface area contributed by atoms with Gasteiger partial charge >= 0.3 is 0 Å². The smallest absolute Gasteiger partial charge is 0.287 e. The summed E-state index contributed by atoms with van der Waals surface area (Å²) < 4.78 is 31.0. The molecule has 2 aliphatic rings. The first kappa shape index (κ1) is 26.9. The van der Waals surface area contributed by atoms with Crippen molar-refractivity contribution in [3.8, 4) is 5.75 Å². The van der Waals surface area contributed by atoms with E-state index in [-0.39, 0.29) is 48.1 Å². The van der Waals surface area contributed by atoms with Crippen LogP contribution in [0.15, 0.2) is 59.0 Å². The van der Waals surface area contributed by atoms with Crippen LogP contribution in [-0.4, -0.2) is 42.5 Å². The molecule has 2 aromatic carbocycles. The van der Waals surface area contributed by atoms with Gasteiger partial charge < -0.3 is 24.1 Å². The Kier molecular flexibility index (Phi) is 8.31. The molecule has 2 amide bonds. The Morgan fingerprint density at radius 3 is 2.69 bits per heavy atom. The summed E-state index contributed by atoms with van der Waals surface area (Å²) in [6.45, 7) is 6.01. The van der Waals surface area contributed by atoms with Crippen molar-refractivity contribution in [3.63, 3.8) is 0 Å². The van der Waals surface area contributed by atoms with E-state index in [1.165, 1.54) is 12.1 Å². The van der Waals surface area contributed by atoms with Crippen LogP contribution >= 0.6 is 0 Å². The maximum atomic E-state index is 13.7. The van der Waals surface area contributed by atoms with Gasteiger partial charge in [0.25, 0.3) is 5.91 Å². The van der Waals surface area contributed by atoms with Crippen LogP contribution in [0.5, 0.6) is 5.75 Å². The number of rotatable bonds is 9. The lowest BCUT2D eigenvalue weighted by atomic mass is 9.87. The third kappa shape index (κ3) is 6.50. The van der Waals surface area contributed by atoms with Gasteiger partial charge in [0.05, 0.1) is 12.1 Å². The Bertz CT molecular complexity index is 1300. The second kappa shape index (κ2) is 12.0. The summed E-state index contributed by atoms with van der Waals surface area (Å²) in [6, 6.07) is 15.3. The average molecular weight is 535 g/mol. The predicted molar refractivity (Wildman–Crippen MR) is 144 cm³/mol. The van der Waals surface area contributed by atoms with E-state index in [0.29, 0.717) is 31.0 Å². The summed E-state index contributed by atoms with van der Waals surface area (Å²) >= 11 is 0. The van der Waals surface area contributed by atoms with Gasteiger partial charge in [0.1, 0.15) is 23.9 Å². The van der Waals surface area contributed by atoms with Gasteiger partial charge in [0.2, 0.25) is 5.91 Å². The molecule has 1 N–H and O–H groups in total. The number of fused-ring (bicyclic) bond motifs is 1. The van der Waals surface area contributed by atoms with E-state index >= 15 is 0 Å². The van der Waals surface area contributed by atoms with E-state index in [9.17, 15) is 14.0 Å². The minimum atomic E-state index is -0.327. The van der Waals surface area contributed by atoms with Crippen molar-refractivity contribution in [2.45, 2.75) is 58.3 Å². The lowest BCUT2D eigenvalue weighted by Gasteiger charge is -2.38. The standard InChI is InChI=1S/C31H35FN2O5/c1-20(2)16-29(35)34-14-13-21-7-10-24(17-27(21)30(34)22-5-8-23(32)9-6-22)38-19-26-11-12-28(39-26)31(36)33-18-25-4-3-15-37-25/h5-12,17,20,25,30H,3-4,13-16,18-19H2,1-2H3,(H,33,36)/t25-,30+/m1/s1. The molecular weight excluding hydrogens is 499 g/mol. The van der Waals surface area contributed by atoms with Crippen LogP contribution in [0.2, 0.25) is 0 Å². The monoisotopic (exact) mass is 534 g/mol. The zero-order valence-corrected chi connectivity index (χ0v) is 22.5. The average Bonchev–Trinajstić information content (AvgIpc) is 3.62. The fraction of sp³-hybridized carbons (Fsp3) is 0.419. The van der Waals surface area contributed by atoms with Crippen LogP contribution in [0.25, 0.3) is 0 Å². The molecule has 3 heterocycles. The molecule has 39 heavy (non-hydrogen) atoms. The maximum absolute atomic E-state index is 13.7. The number of hydrogen-bond acceptors (Lipinski definition) is 5. The Morgan fingerprint density at radius 1 is 1.13 bits per heavy atom. The second-order valence-electron chi connectivity index (χ2n) is 10.6. The highest BCUT2D eigenvalue weighted by Gasteiger charge is 2.32. The minimum Gasteiger partial charge on any atom is -0.486 e. The molecule has 2 aliphatic heterocycles. The van der Waals surface area contributed by atoms with E-state index in [1.54, 1.807) is 24.3 Å². The number of furan rings is 1. The highest BCUT2D eigenvalue weighted by molar-refractivity contribution is 5.91. The maximum Gasteiger partial charge on any atom is 0.287 e. The molecular formula is C31H35FN2O5. The van der Waals surface area contributed by atoms with Crippen molar-refractivity contribution in [2.75, 3.05) is 19.7 Å². The van der Waals surface area contributed by atoms with Crippen molar-refractivity contribution in [1.82, 2.24) is 10.2 Å². The molecule has 1 fully saturated rings. The highest BCUT2D eigenvalue weighted by Crippen LogP contribution is 2.38. The Balaban J connectivity index is 1.30. The molecule has 8 heteroatoms. The van der Waals surface area contributed by atoms with Gasteiger partial charge in [-0.1, -0.05) is 32.0 Å². The number of ether oxygens (including phenoxy) is 2. The van der Waals surface area contributed by atoms with E-state index in [4.69, 9.17) is 13.9 Å². The highest BCUT2D eigenvalue weighted by atomic mass is 19.1. The van der Waals surface area contributed by atoms with Crippen molar-refractivity contribution in [3.05, 3.63) is 88.6 Å². The molecule has 1 aromatic heterocycles. The van der Waals surface area contributed by atoms with Gasteiger partial charge in [-0.2, -0.15) is 0 Å². The second-order valence-corrected chi connectivity index (χ2v) is 10.6. The minimum absolute atomic E-state index is 0.0612. The molecule has 0 bridgehead atoms. The van der Waals surface area contributed by atoms with Gasteiger partial charge in [-0.05, 0) is 78.3 Å². The summed E-state index contributed by atoms with van der Waals surface area (Å²) in [5.41, 5.74) is 2.96. The Morgan fingerprint density at radius 2 is 1.95 bits per heavy atom. The lowest BCUT2D eigenvalue weighted by molar-refractivity contribution is -0.134. The zero-order valence-electron chi connectivity index (χ0n) is 22.5. The van der Waals surface area contributed by atoms with Gasteiger partial charge in [-0.25, -0.2) is 4.39 Å². The SMILES string of the molecule is CC(C)CC(=O)N1CCc2ccc(OCc3ccc(C(=O)NC[C@H]4CCCO4)o3)cc2[C@@H]1c1ccc(F)cc1. The normalized spacial score (nSPS) is 18.7. The molecule has 7 nitrogen and oxygen atoms in total. The number of nitrogens with zero attached hydrogens (tertiary/aromatic N) is 1. The van der Waals surface area contributed by atoms with Gasteiger partial charge in [-0.15, -0.1) is 0 Å². The van der Waals surface area contributed by atoms with Gasteiger partial charge in [-0.3, -0.25) is 9.59 Å². The van der Waals surface area contributed by atoms with E-state index in [2.05, 4.69) is 5.32 Å². The molecule has 3 aromatic rings. The summed E-state index contributed by atoms with van der Waals surface area (Å²) in [5, 5.41) is 2.86. The number of amides is 2. The van der Waals surface area contributed by atoms with Crippen LogP contribution < -0.4 is 10.1 Å². The van der Waals surface area contributed by atoms with Crippen LogP contribution in [0, 0.1) is 11.7 Å². The fourth-order valence-electron chi connectivity index (χ4n) is 5.25. The summed E-state index contributed by atoms with van der Waals surface area (Å²) in [7, 11) is 0. The van der Waals surface area contributed by atoms with Crippen molar-refractivity contribution < 1.29 is 27.9 Å². The molecule has 0 radical (unpaired) electrons. The fourth-order valence-corrected chi connectivity index (χ4v) is 5.25. The molecule has 1 saturated heterocycles. The Hall–Kier alpha value is -3.65. The summed E-state index contributed by atoms with van der Waals surface area (Å²) in [6.07, 6.45) is 3.21. The number of carbonyl (C=O) groups is 2. The largest absolute Gasteiger partial charge is 0.486 e. The number of hydrogen-bond donors (Lipinski definition) is 1. The number of benzene rings is 2. The van der Waals surface area contributed by atoms with Crippen LogP contribution in [-0.2, 0) is 22.6 Å². The molecule has 0 unspecified atom stereocenters. The first-order valence-corrected chi connectivity index (χ1v) is 13.7.